The molecule has 2 aliphatic rings. The fourth-order valence-electron chi connectivity index (χ4n) is 3.77. The average Bonchev–Trinajstić information content (AvgIpc) is 2.97. The predicted octanol–water partition coefficient (Wildman–Crippen LogP) is 0.0930. The predicted molar refractivity (Wildman–Crippen MR) is 118 cm³/mol. The smallest absolute Gasteiger partial charge is 0.408 e. The second-order valence-electron chi connectivity index (χ2n) is 7.64. The number of nitrogens with one attached hydrogen (secondary N) is 1. The molecule has 0 saturated carbocycles. The largest absolute Gasteiger partial charge is 0.465 e. The van der Waals surface area contributed by atoms with Crippen LogP contribution in [0.3, 0.4) is 0 Å². The molecule has 5 N–H and O–H groups in total. The molecule has 1 saturated heterocycles. The van der Waals surface area contributed by atoms with Crippen LogP contribution in [0, 0.1) is 0 Å². The minimum Gasteiger partial charge on any atom is -0.465 e. The molecule has 0 spiro atoms. The van der Waals surface area contributed by atoms with Gasteiger partial charge in [-0.25, -0.2) is 4.79 Å². The zero-order valence-electron chi connectivity index (χ0n) is 17.7. The number of nitrogens with zero attached hydrogens (tertiary/aromatic N) is 1. The lowest BCUT2D eigenvalue weighted by atomic mass is 9.93. The van der Waals surface area contributed by atoms with E-state index in [0.717, 1.165) is 22.2 Å². The summed E-state index contributed by atoms with van der Waals surface area (Å²) in [4.78, 5) is 36.5. The molecular formula is C20H29ClN2O8S. The van der Waals surface area contributed by atoms with E-state index in [1.807, 2.05) is 0 Å². The molecule has 180 valence electrons. The summed E-state index contributed by atoms with van der Waals surface area (Å²) in [5.74, 6) is -0.640. The Balaban J connectivity index is 2.24. The Kier molecular flexibility index (Phi) is 9.99. The molecule has 0 aromatic heterocycles. The summed E-state index contributed by atoms with van der Waals surface area (Å²) in [6.45, 7) is 1.62. The summed E-state index contributed by atoms with van der Waals surface area (Å²) in [6, 6.07) is -2.05. The number of alkyl halides is 1. The Morgan fingerprint density at radius 3 is 2.56 bits per heavy atom. The highest BCUT2D eigenvalue weighted by molar-refractivity contribution is 7.99. The number of ether oxygens (including phenoxy) is 1. The lowest BCUT2D eigenvalue weighted by Crippen LogP contribution is -2.65. The maximum absolute atomic E-state index is 13.1. The van der Waals surface area contributed by atoms with Crippen LogP contribution in [-0.2, 0) is 14.3 Å². The van der Waals surface area contributed by atoms with Crippen LogP contribution in [0.25, 0.3) is 0 Å². The number of hydrogen-bond acceptors (Lipinski definition) is 8. The average molecular weight is 493 g/mol. The fraction of sp³-hybridized carbons (Fsp3) is 0.650. The highest BCUT2D eigenvalue weighted by atomic mass is 35.5. The van der Waals surface area contributed by atoms with Gasteiger partial charge in [-0.05, 0) is 32.1 Å². The molecule has 0 bridgehead atoms. The highest BCUT2D eigenvalue weighted by Gasteiger charge is 2.48. The van der Waals surface area contributed by atoms with E-state index >= 15 is 0 Å². The molecule has 1 fully saturated rings. The molecule has 0 unspecified atom stereocenters. The molecule has 0 aromatic carbocycles. The first kappa shape index (κ1) is 26.6. The normalized spacial score (nSPS) is 33.2. The van der Waals surface area contributed by atoms with Crippen LogP contribution in [-0.4, -0.2) is 104 Å². The van der Waals surface area contributed by atoms with Crippen molar-refractivity contribution in [2.24, 2.45) is 0 Å². The molecule has 0 radical (unpaired) electrons. The topological polar surface area (TPSA) is 157 Å². The first-order valence-electron chi connectivity index (χ1n) is 10.1. The van der Waals surface area contributed by atoms with Crippen LogP contribution in [0.5, 0.6) is 0 Å². The van der Waals surface area contributed by atoms with Crippen molar-refractivity contribution in [2.45, 2.75) is 67.1 Å². The Bertz CT molecular complexity index is 747. The third-order valence-electron chi connectivity index (χ3n) is 5.55. The number of halogens is 1. The van der Waals surface area contributed by atoms with Crippen LogP contribution >= 0.6 is 23.4 Å². The van der Waals surface area contributed by atoms with E-state index in [0.29, 0.717) is 12.7 Å². The maximum atomic E-state index is 13.1. The molecule has 0 aliphatic carbocycles. The molecule has 12 heteroatoms. The lowest BCUT2D eigenvalue weighted by Gasteiger charge is -2.44. The van der Waals surface area contributed by atoms with Crippen molar-refractivity contribution in [1.82, 2.24) is 10.2 Å². The molecule has 8 atom stereocenters. The Morgan fingerprint density at radius 2 is 2.00 bits per heavy atom. The summed E-state index contributed by atoms with van der Waals surface area (Å²) in [5.41, 5.74) is -0.122. The minimum absolute atomic E-state index is 0.0472. The summed E-state index contributed by atoms with van der Waals surface area (Å²) in [6.07, 6.45) is 0.471. The number of amides is 2. The number of allylic oxidation sites excluding steroid dienone is 2. The van der Waals surface area contributed by atoms with Gasteiger partial charge < -0.3 is 30.5 Å². The van der Waals surface area contributed by atoms with Crippen LogP contribution in [0.15, 0.2) is 23.8 Å². The summed E-state index contributed by atoms with van der Waals surface area (Å²) in [5, 5.41) is 42.3. The first-order chi connectivity index (χ1) is 15.1. The molecule has 32 heavy (non-hydrogen) atoms. The number of hydrogen-bond donors (Lipinski definition) is 5. The molecule has 2 aliphatic heterocycles. The van der Waals surface area contributed by atoms with Crippen molar-refractivity contribution in [3.63, 3.8) is 0 Å². The third-order valence-corrected chi connectivity index (χ3v) is 6.68. The fourth-order valence-corrected chi connectivity index (χ4v) is 4.66. The zero-order valence-corrected chi connectivity index (χ0v) is 19.3. The van der Waals surface area contributed by atoms with Gasteiger partial charge in [-0.15, -0.1) is 23.4 Å². The van der Waals surface area contributed by atoms with Crippen molar-refractivity contribution in [3.05, 3.63) is 23.8 Å². The van der Waals surface area contributed by atoms with E-state index in [4.69, 9.17) is 16.3 Å². The number of carbonyl (C=O) groups excluding carboxylic acids is 2. The summed E-state index contributed by atoms with van der Waals surface area (Å²) >= 11 is 7.40. The monoisotopic (exact) mass is 492 g/mol. The molecule has 10 nitrogen and oxygen atoms in total. The molecular weight excluding hydrogens is 464 g/mol. The van der Waals surface area contributed by atoms with Gasteiger partial charge in [0.05, 0.1) is 11.4 Å². The maximum Gasteiger partial charge on any atom is 0.408 e. The van der Waals surface area contributed by atoms with E-state index in [1.165, 1.54) is 6.08 Å². The second-order valence-corrected chi connectivity index (χ2v) is 9.26. The third kappa shape index (κ3) is 6.24. The van der Waals surface area contributed by atoms with Gasteiger partial charge in [-0.2, -0.15) is 0 Å². The van der Waals surface area contributed by atoms with Gasteiger partial charge in [-0.3, -0.25) is 14.5 Å². The van der Waals surface area contributed by atoms with E-state index in [9.17, 15) is 34.8 Å². The van der Waals surface area contributed by atoms with Gasteiger partial charge in [0.25, 0.3) is 0 Å². The van der Waals surface area contributed by atoms with Gasteiger partial charge in [0.1, 0.15) is 42.2 Å². The number of carbonyl (C=O) groups is 3. The van der Waals surface area contributed by atoms with Gasteiger partial charge >= 0.3 is 6.09 Å². The van der Waals surface area contributed by atoms with Crippen molar-refractivity contribution >= 4 is 41.6 Å². The first-order valence-corrected chi connectivity index (χ1v) is 11.8. The Morgan fingerprint density at radius 1 is 1.31 bits per heavy atom. The number of aliphatic hydroxyl groups excluding tert-OH is 3. The number of rotatable bonds is 7. The summed E-state index contributed by atoms with van der Waals surface area (Å²) < 4.78 is 5.72. The van der Waals surface area contributed by atoms with Crippen LogP contribution < -0.4 is 5.32 Å². The SMILES string of the molecule is CS[C@H]1O[C@H]([C@H](NC(=O)[C@@H]2CC=C(/C=C/C=O)CCN2C(=O)O)[C@H](C)Cl)[C@H](O)[C@H](O)[C@H]1O. The van der Waals surface area contributed by atoms with Crippen molar-refractivity contribution in [1.29, 1.82) is 0 Å². The quantitative estimate of drug-likeness (QED) is 0.189. The number of aldehydes is 1. The number of carboxylic acid groups (broad SMARTS) is 1. The number of aliphatic hydroxyl groups is 3. The lowest BCUT2D eigenvalue weighted by molar-refractivity contribution is -0.205. The van der Waals surface area contributed by atoms with Gasteiger partial charge in [-0.1, -0.05) is 17.7 Å². The molecule has 2 amide bonds. The van der Waals surface area contributed by atoms with E-state index in [1.54, 1.807) is 25.3 Å². The van der Waals surface area contributed by atoms with E-state index in [-0.39, 0.29) is 13.0 Å². The second kappa shape index (κ2) is 12.0. The van der Waals surface area contributed by atoms with Crippen molar-refractivity contribution in [3.8, 4) is 0 Å². The van der Waals surface area contributed by atoms with Crippen LogP contribution in [0.2, 0.25) is 0 Å². The van der Waals surface area contributed by atoms with Crippen molar-refractivity contribution < 1.29 is 39.5 Å². The number of thioether (sulfide) groups is 1. The molecule has 2 heterocycles. The Hall–Kier alpha value is -1.63. The minimum atomic E-state index is -1.52. The van der Waals surface area contributed by atoms with Crippen molar-refractivity contribution in [2.75, 3.05) is 12.8 Å². The Labute approximate surface area is 195 Å². The van der Waals surface area contributed by atoms with Crippen LogP contribution in [0.4, 0.5) is 4.79 Å². The molecule has 0 aromatic rings. The highest BCUT2D eigenvalue weighted by Crippen LogP contribution is 2.30. The zero-order chi connectivity index (χ0) is 24.0. The van der Waals surface area contributed by atoms with Gasteiger partial charge in [0, 0.05) is 6.54 Å². The van der Waals surface area contributed by atoms with Gasteiger partial charge in [0.15, 0.2) is 0 Å². The molecule has 2 rings (SSSR count). The van der Waals surface area contributed by atoms with E-state index in [2.05, 4.69) is 5.32 Å². The summed E-state index contributed by atoms with van der Waals surface area (Å²) in [7, 11) is 0. The van der Waals surface area contributed by atoms with E-state index < -0.39 is 59.3 Å². The van der Waals surface area contributed by atoms with Gasteiger partial charge in [0.2, 0.25) is 5.91 Å². The van der Waals surface area contributed by atoms with Crippen LogP contribution in [0.1, 0.15) is 19.8 Å². The standard InChI is InChI=1S/C20H29ClN2O8S/c1-10(21)13(17-15(26)14(25)16(27)19(31-17)32-2)22-18(28)12-6-5-11(4-3-9-24)7-8-23(12)20(29)30/h3-5,9-10,12-17,19,25-27H,6-8H2,1-2H3,(H,22,28)(H,29,30)/b4-3+/t10-,12-,13+,14-,15+,16+,17+,19+/m0/s1.